The molecule has 0 N–H and O–H groups in total. The van der Waals surface area contributed by atoms with Crippen LogP contribution in [0.4, 0.5) is 0 Å². The first kappa shape index (κ1) is 27.6. The van der Waals surface area contributed by atoms with Gasteiger partial charge >= 0.3 is 17.9 Å². The van der Waals surface area contributed by atoms with Gasteiger partial charge in [-0.1, -0.05) is 32.6 Å². The summed E-state index contributed by atoms with van der Waals surface area (Å²) in [6.45, 7) is 11.7. The molecule has 170 valence electrons. The van der Waals surface area contributed by atoms with Crippen LogP contribution in [0.25, 0.3) is 0 Å². The molecule has 0 saturated heterocycles. The molecule has 0 heterocycles. The zero-order valence-electron chi connectivity index (χ0n) is 18.0. The maximum atomic E-state index is 11.0. The van der Waals surface area contributed by atoms with Gasteiger partial charge in [-0.2, -0.15) is 0 Å². The Kier molecular flexibility index (Phi) is 18.3. The van der Waals surface area contributed by atoms with Crippen molar-refractivity contribution in [2.45, 2.75) is 63.9 Å². The highest BCUT2D eigenvalue weighted by Gasteiger charge is 2.10. The number of unbranched alkanes of at least 4 members (excludes halogenated alkanes) is 4. The fourth-order valence-corrected chi connectivity index (χ4v) is 2.62. The van der Waals surface area contributed by atoms with E-state index in [0.29, 0.717) is 32.8 Å². The van der Waals surface area contributed by atoms with E-state index < -0.39 is 17.9 Å². The third kappa shape index (κ3) is 17.7. The summed E-state index contributed by atoms with van der Waals surface area (Å²) in [4.78, 5) is 33.0. The average molecular weight is 425 g/mol. The lowest BCUT2D eigenvalue weighted by molar-refractivity contribution is -0.139. The van der Waals surface area contributed by atoms with Crippen LogP contribution in [0.5, 0.6) is 0 Å². The number of ether oxygens (including phenoxy) is 4. The maximum absolute atomic E-state index is 11.0. The van der Waals surface area contributed by atoms with Crippen LogP contribution in [0, 0.1) is 0 Å². The Morgan fingerprint density at radius 2 is 0.967 bits per heavy atom. The summed E-state index contributed by atoms with van der Waals surface area (Å²) in [7, 11) is 0. The standard InChI is InChI=1S/C23H36O7/c1-4-21(24)28-16-11-7-9-14-20(27-18-13-19-30-23(26)6-3)15-10-8-12-17-29-22(25)5-2/h4-6,20H,1-3,7-19H2. The molecule has 0 aliphatic carbocycles. The molecule has 0 fully saturated rings. The van der Waals surface area contributed by atoms with Gasteiger partial charge < -0.3 is 18.9 Å². The Balaban J connectivity index is 4.05. The zero-order valence-corrected chi connectivity index (χ0v) is 18.0. The Bertz CT molecular complexity index is 496. The first-order chi connectivity index (χ1) is 14.5. The summed E-state index contributed by atoms with van der Waals surface area (Å²) < 4.78 is 20.8. The van der Waals surface area contributed by atoms with Gasteiger partial charge in [0.1, 0.15) is 0 Å². The van der Waals surface area contributed by atoms with Gasteiger partial charge in [-0.05, 0) is 38.5 Å². The van der Waals surface area contributed by atoms with Crippen molar-refractivity contribution in [3.63, 3.8) is 0 Å². The lowest BCUT2D eigenvalue weighted by Crippen LogP contribution is -2.16. The largest absolute Gasteiger partial charge is 0.463 e. The van der Waals surface area contributed by atoms with Gasteiger partial charge in [0, 0.05) is 24.6 Å². The van der Waals surface area contributed by atoms with Crippen LogP contribution in [0.3, 0.4) is 0 Å². The first-order valence-electron chi connectivity index (χ1n) is 10.5. The fraction of sp³-hybridized carbons (Fsp3) is 0.609. The normalized spacial score (nSPS) is 10.3. The van der Waals surface area contributed by atoms with E-state index in [-0.39, 0.29) is 6.10 Å². The van der Waals surface area contributed by atoms with Crippen LogP contribution in [-0.2, 0) is 33.3 Å². The minimum atomic E-state index is -0.430. The van der Waals surface area contributed by atoms with E-state index in [9.17, 15) is 14.4 Å². The van der Waals surface area contributed by atoms with Crippen molar-refractivity contribution in [3.05, 3.63) is 38.0 Å². The van der Waals surface area contributed by atoms with Crippen molar-refractivity contribution in [1.82, 2.24) is 0 Å². The summed E-state index contributed by atoms with van der Waals surface area (Å²) in [6.07, 6.45) is 11.5. The summed E-state index contributed by atoms with van der Waals surface area (Å²) in [6, 6.07) is 0. The molecule has 0 amide bonds. The Morgan fingerprint density at radius 1 is 0.567 bits per heavy atom. The fourth-order valence-electron chi connectivity index (χ4n) is 2.62. The van der Waals surface area contributed by atoms with Gasteiger partial charge in [0.2, 0.25) is 0 Å². The van der Waals surface area contributed by atoms with Gasteiger partial charge in [0.05, 0.1) is 32.5 Å². The predicted octanol–water partition coefficient (Wildman–Crippen LogP) is 4.07. The number of hydrogen-bond donors (Lipinski definition) is 0. The SMILES string of the molecule is C=CC(=O)OCCCCCC(CCCCCOC(=O)C=C)OCCCOC(=O)C=C. The smallest absolute Gasteiger partial charge is 0.330 e. The van der Waals surface area contributed by atoms with Gasteiger partial charge in [-0.25, -0.2) is 14.4 Å². The van der Waals surface area contributed by atoms with Gasteiger partial charge in [0.25, 0.3) is 0 Å². The quantitative estimate of drug-likeness (QED) is 0.126. The van der Waals surface area contributed by atoms with Crippen molar-refractivity contribution in [2.75, 3.05) is 26.4 Å². The second-order valence-electron chi connectivity index (χ2n) is 6.66. The third-order valence-corrected chi connectivity index (χ3v) is 4.22. The minimum absolute atomic E-state index is 0.117. The van der Waals surface area contributed by atoms with E-state index in [4.69, 9.17) is 18.9 Å². The van der Waals surface area contributed by atoms with Gasteiger partial charge in [-0.15, -0.1) is 0 Å². The topological polar surface area (TPSA) is 88.1 Å². The van der Waals surface area contributed by atoms with Crippen LogP contribution < -0.4 is 0 Å². The molecule has 0 bridgehead atoms. The van der Waals surface area contributed by atoms with E-state index in [2.05, 4.69) is 19.7 Å². The molecular weight excluding hydrogens is 388 g/mol. The van der Waals surface area contributed by atoms with Crippen molar-refractivity contribution < 1.29 is 33.3 Å². The van der Waals surface area contributed by atoms with E-state index in [1.807, 2.05) is 0 Å². The second kappa shape index (κ2) is 19.9. The predicted molar refractivity (Wildman–Crippen MR) is 115 cm³/mol. The van der Waals surface area contributed by atoms with E-state index in [0.717, 1.165) is 69.6 Å². The molecule has 0 unspecified atom stereocenters. The number of carbonyl (C=O) groups is 3. The molecule has 0 atom stereocenters. The Hall–Kier alpha value is -2.41. The number of rotatable bonds is 20. The molecule has 0 rings (SSSR count). The molecule has 30 heavy (non-hydrogen) atoms. The van der Waals surface area contributed by atoms with Crippen LogP contribution >= 0.6 is 0 Å². The van der Waals surface area contributed by atoms with Crippen molar-refractivity contribution in [2.24, 2.45) is 0 Å². The Labute approximate surface area is 180 Å². The lowest BCUT2D eigenvalue weighted by Gasteiger charge is -2.18. The maximum Gasteiger partial charge on any atom is 0.330 e. The summed E-state index contributed by atoms with van der Waals surface area (Å²) >= 11 is 0. The van der Waals surface area contributed by atoms with Crippen molar-refractivity contribution >= 4 is 17.9 Å². The Morgan fingerprint density at radius 3 is 1.37 bits per heavy atom. The van der Waals surface area contributed by atoms with E-state index >= 15 is 0 Å². The number of carbonyl (C=O) groups excluding carboxylic acids is 3. The van der Waals surface area contributed by atoms with E-state index in [1.165, 1.54) is 0 Å². The van der Waals surface area contributed by atoms with Crippen LogP contribution in [0.1, 0.15) is 57.8 Å². The van der Waals surface area contributed by atoms with Gasteiger partial charge in [-0.3, -0.25) is 0 Å². The number of esters is 3. The molecule has 0 aromatic heterocycles. The van der Waals surface area contributed by atoms with Crippen LogP contribution in [0.2, 0.25) is 0 Å². The summed E-state index contributed by atoms with van der Waals surface area (Å²) in [5, 5.41) is 0. The molecule has 0 aromatic rings. The molecule has 0 spiro atoms. The molecular formula is C23H36O7. The van der Waals surface area contributed by atoms with Crippen molar-refractivity contribution in [1.29, 1.82) is 0 Å². The summed E-state index contributed by atoms with van der Waals surface area (Å²) in [5.41, 5.74) is 0. The molecule has 0 aliphatic heterocycles. The molecule has 0 radical (unpaired) electrons. The molecule has 7 nitrogen and oxygen atoms in total. The summed E-state index contributed by atoms with van der Waals surface area (Å²) in [5.74, 6) is -1.22. The second-order valence-corrected chi connectivity index (χ2v) is 6.66. The monoisotopic (exact) mass is 424 g/mol. The highest BCUT2D eigenvalue weighted by molar-refractivity contribution is 5.81. The first-order valence-corrected chi connectivity index (χ1v) is 10.5. The molecule has 0 aromatic carbocycles. The van der Waals surface area contributed by atoms with E-state index in [1.54, 1.807) is 0 Å². The average Bonchev–Trinajstić information content (AvgIpc) is 2.76. The van der Waals surface area contributed by atoms with Gasteiger partial charge in [0.15, 0.2) is 0 Å². The molecule has 7 heteroatoms. The third-order valence-electron chi connectivity index (χ3n) is 4.22. The highest BCUT2D eigenvalue weighted by Crippen LogP contribution is 2.15. The lowest BCUT2D eigenvalue weighted by atomic mass is 10.0. The van der Waals surface area contributed by atoms with Crippen LogP contribution in [-0.4, -0.2) is 50.4 Å². The van der Waals surface area contributed by atoms with Crippen molar-refractivity contribution in [3.8, 4) is 0 Å². The van der Waals surface area contributed by atoms with Crippen LogP contribution in [0.15, 0.2) is 38.0 Å². The zero-order chi connectivity index (χ0) is 22.5. The number of hydrogen-bond acceptors (Lipinski definition) is 7. The molecule has 0 saturated carbocycles. The highest BCUT2D eigenvalue weighted by atomic mass is 16.5. The molecule has 0 aliphatic rings. The minimum Gasteiger partial charge on any atom is -0.463 e.